The van der Waals surface area contributed by atoms with Crippen LogP contribution in [0.15, 0.2) is 24.3 Å². The molecule has 2 aliphatic rings. The number of carbonyl (C=O) groups excluding carboxylic acids is 2. The standard InChI is InChI=1S/C19H26N2O2/c1-3-15-6-4-5-7-16(15)20-17(22)19(10-11-19)18(23)21-12-8-14(2)9-13-21/h4-7,14H,3,8-13H2,1-2H3,(H,20,22). The van der Waals surface area contributed by atoms with E-state index in [4.69, 9.17) is 0 Å². The van der Waals surface area contributed by atoms with E-state index in [0.717, 1.165) is 43.6 Å². The molecule has 0 aromatic heterocycles. The van der Waals surface area contributed by atoms with Gasteiger partial charge < -0.3 is 10.2 Å². The van der Waals surface area contributed by atoms with Crippen molar-refractivity contribution in [1.82, 2.24) is 4.90 Å². The number of nitrogens with zero attached hydrogens (tertiary/aromatic N) is 1. The maximum Gasteiger partial charge on any atom is 0.240 e. The molecule has 3 rings (SSSR count). The van der Waals surface area contributed by atoms with Crippen LogP contribution in [-0.4, -0.2) is 29.8 Å². The van der Waals surface area contributed by atoms with Gasteiger partial charge in [-0.1, -0.05) is 32.0 Å². The number of benzene rings is 1. The fraction of sp³-hybridized carbons (Fsp3) is 0.579. The molecule has 0 atom stereocenters. The Bertz CT molecular complexity index is 599. The topological polar surface area (TPSA) is 49.4 Å². The van der Waals surface area contributed by atoms with Crippen molar-refractivity contribution in [1.29, 1.82) is 0 Å². The summed E-state index contributed by atoms with van der Waals surface area (Å²) in [5, 5.41) is 3.01. The van der Waals surface area contributed by atoms with E-state index in [1.165, 1.54) is 0 Å². The van der Waals surface area contributed by atoms with E-state index < -0.39 is 5.41 Å². The highest BCUT2D eigenvalue weighted by molar-refractivity contribution is 6.13. The van der Waals surface area contributed by atoms with E-state index in [-0.39, 0.29) is 11.8 Å². The number of amides is 2. The molecule has 2 fully saturated rings. The molecule has 1 heterocycles. The molecule has 0 radical (unpaired) electrons. The zero-order valence-corrected chi connectivity index (χ0v) is 14.1. The van der Waals surface area contributed by atoms with Gasteiger partial charge in [0.2, 0.25) is 11.8 Å². The molecule has 1 N–H and O–H groups in total. The van der Waals surface area contributed by atoms with Crippen LogP contribution in [0, 0.1) is 11.3 Å². The van der Waals surface area contributed by atoms with Crippen LogP contribution in [0.4, 0.5) is 5.69 Å². The normalized spacial score (nSPS) is 20.2. The number of hydrogen-bond donors (Lipinski definition) is 1. The van der Waals surface area contributed by atoms with E-state index in [1.54, 1.807) is 0 Å². The molecule has 0 unspecified atom stereocenters. The number of hydrogen-bond acceptors (Lipinski definition) is 2. The summed E-state index contributed by atoms with van der Waals surface area (Å²) in [6, 6.07) is 7.83. The van der Waals surface area contributed by atoms with Gasteiger partial charge in [-0.3, -0.25) is 9.59 Å². The highest BCUT2D eigenvalue weighted by Gasteiger charge is 2.58. The Labute approximate surface area is 138 Å². The highest BCUT2D eigenvalue weighted by Crippen LogP contribution is 2.48. The summed E-state index contributed by atoms with van der Waals surface area (Å²) in [5.74, 6) is 0.595. The van der Waals surface area contributed by atoms with Gasteiger partial charge in [-0.2, -0.15) is 0 Å². The summed E-state index contributed by atoms with van der Waals surface area (Å²) in [4.78, 5) is 27.5. The van der Waals surface area contributed by atoms with Gasteiger partial charge >= 0.3 is 0 Å². The predicted molar refractivity (Wildman–Crippen MR) is 91.1 cm³/mol. The number of nitrogens with one attached hydrogen (secondary N) is 1. The summed E-state index contributed by atoms with van der Waals surface area (Å²) in [7, 11) is 0. The number of likely N-dealkylation sites (tertiary alicyclic amines) is 1. The molecule has 1 aromatic rings. The predicted octanol–water partition coefficient (Wildman–Crippen LogP) is 3.23. The molecule has 0 spiro atoms. The monoisotopic (exact) mass is 314 g/mol. The molecular formula is C19H26N2O2. The molecule has 1 aliphatic carbocycles. The second-order valence-corrected chi connectivity index (χ2v) is 7.02. The lowest BCUT2D eigenvalue weighted by atomic mass is 9.96. The molecule has 1 aliphatic heterocycles. The van der Waals surface area contributed by atoms with Crippen molar-refractivity contribution in [2.75, 3.05) is 18.4 Å². The summed E-state index contributed by atoms with van der Waals surface area (Å²) in [5.41, 5.74) is 1.14. The number of carbonyl (C=O) groups is 2. The van der Waals surface area contributed by atoms with Crippen LogP contribution in [0.5, 0.6) is 0 Å². The van der Waals surface area contributed by atoms with Crippen molar-refractivity contribution in [2.24, 2.45) is 11.3 Å². The van der Waals surface area contributed by atoms with E-state index in [2.05, 4.69) is 19.2 Å². The summed E-state index contributed by atoms with van der Waals surface area (Å²) in [6.45, 7) is 5.88. The Morgan fingerprint density at radius 3 is 2.48 bits per heavy atom. The smallest absolute Gasteiger partial charge is 0.240 e. The zero-order valence-electron chi connectivity index (χ0n) is 14.1. The average Bonchev–Trinajstić information content (AvgIpc) is 3.37. The molecule has 124 valence electrons. The first-order valence-corrected chi connectivity index (χ1v) is 8.75. The Morgan fingerprint density at radius 2 is 1.87 bits per heavy atom. The van der Waals surface area contributed by atoms with Crippen molar-refractivity contribution in [3.8, 4) is 0 Å². The van der Waals surface area contributed by atoms with Crippen LogP contribution in [0.2, 0.25) is 0 Å². The zero-order chi connectivity index (χ0) is 16.4. The molecule has 0 bridgehead atoms. The lowest BCUT2D eigenvalue weighted by Crippen LogP contribution is -2.46. The summed E-state index contributed by atoms with van der Waals surface area (Å²) >= 11 is 0. The quantitative estimate of drug-likeness (QED) is 0.868. The molecule has 4 nitrogen and oxygen atoms in total. The largest absolute Gasteiger partial charge is 0.342 e. The van der Waals surface area contributed by atoms with Gasteiger partial charge in [0.25, 0.3) is 0 Å². The van der Waals surface area contributed by atoms with Crippen LogP contribution in [-0.2, 0) is 16.0 Å². The fourth-order valence-corrected chi connectivity index (χ4v) is 3.37. The second-order valence-electron chi connectivity index (χ2n) is 7.02. The van der Waals surface area contributed by atoms with Gasteiger partial charge in [0, 0.05) is 18.8 Å². The third-order valence-corrected chi connectivity index (χ3v) is 5.31. The second kappa shape index (κ2) is 6.34. The van der Waals surface area contributed by atoms with Gasteiger partial charge in [-0.15, -0.1) is 0 Å². The number of aryl methyl sites for hydroxylation is 1. The van der Waals surface area contributed by atoms with Crippen molar-refractivity contribution in [3.63, 3.8) is 0 Å². The summed E-state index contributed by atoms with van der Waals surface area (Å²) in [6.07, 6.45) is 4.31. The van der Waals surface area contributed by atoms with Gasteiger partial charge in [0.15, 0.2) is 0 Å². The minimum absolute atomic E-state index is 0.0379. The lowest BCUT2D eigenvalue weighted by Gasteiger charge is -2.32. The van der Waals surface area contributed by atoms with E-state index in [9.17, 15) is 9.59 Å². The number of piperidine rings is 1. The average molecular weight is 314 g/mol. The Kier molecular flexibility index (Phi) is 4.42. The third kappa shape index (κ3) is 3.12. The minimum Gasteiger partial charge on any atom is -0.342 e. The lowest BCUT2D eigenvalue weighted by molar-refractivity contribution is -0.143. The maximum atomic E-state index is 12.8. The first-order chi connectivity index (χ1) is 11.1. The van der Waals surface area contributed by atoms with Crippen LogP contribution in [0.3, 0.4) is 0 Å². The minimum atomic E-state index is -0.804. The molecule has 23 heavy (non-hydrogen) atoms. The van der Waals surface area contributed by atoms with Crippen molar-refractivity contribution in [3.05, 3.63) is 29.8 Å². The number of rotatable bonds is 4. The van der Waals surface area contributed by atoms with Crippen molar-refractivity contribution in [2.45, 2.75) is 46.0 Å². The van der Waals surface area contributed by atoms with Crippen LogP contribution in [0.1, 0.15) is 45.1 Å². The van der Waals surface area contributed by atoms with Gasteiger partial charge in [0.1, 0.15) is 5.41 Å². The van der Waals surface area contributed by atoms with E-state index >= 15 is 0 Å². The molecule has 2 amide bonds. The SMILES string of the molecule is CCc1ccccc1NC(=O)C1(C(=O)N2CCC(C)CC2)CC1. The Morgan fingerprint density at radius 1 is 1.22 bits per heavy atom. The fourth-order valence-electron chi connectivity index (χ4n) is 3.37. The number of para-hydroxylation sites is 1. The van der Waals surface area contributed by atoms with Gasteiger partial charge in [0.05, 0.1) is 0 Å². The van der Waals surface area contributed by atoms with Gasteiger partial charge in [-0.25, -0.2) is 0 Å². The van der Waals surface area contributed by atoms with Crippen molar-refractivity contribution < 1.29 is 9.59 Å². The first-order valence-electron chi connectivity index (χ1n) is 8.75. The number of anilines is 1. The molecular weight excluding hydrogens is 288 g/mol. The Hall–Kier alpha value is -1.84. The van der Waals surface area contributed by atoms with Crippen LogP contribution >= 0.6 is 0 Å². The third-order valence-electron chi connectivity index (χ3n) is 5.31. The van der Waals surface area contributed by atoms with Crippen molar-refractivity contribution >= 4 is 17.5 Å². The van der Waals surface area contributed by atoms with Gasteiger partial charge in [-0.05, 0) is 49.7 Å². The Balaban J connectivity index is 1.70. The molecule has 1 saturated carbocycles. The van der Waals surface area contributed by atoms with Crippen LogP contribution < -0.4 is 5.32 Å². The molecule has 1 saturated heterocycles. The van der Waals surface area contributed by atoms with Crippen LogP contribution in [0.25, 0.3) is 0 Å². The molecule has 4 heteroatoms. The first kappa shape index (κ1) is 16.0. The highest BCUT2D eigenvalue weighted by atomic mass is 16.2. The molecule has 1 aromatic carbocycles. The summed E-state index contributed by atoms with van der Waals surface area (Å²) < 4.78 is 0. The van der Waals surface area contributed by atoms with E-state index in [0.29, 0.717) is 18.8 Å². The van der Waals surface area contributed by atoms with E-state index in [1.807, 2.05) is 29.2 Å². The maximum absolute atomic E-state index is 12.8.